The quantitative estimate of drug-likeness (QED) is 0.556. The number of hydrogen-bond donors (Lipinski definition) is 0. The van der Waals surface area contributed by atoms with Gasteiger partial charge in [-0.1, -0.05) is 52.9 Å². The van der Waals surface area contributed by atoms with Crippen LogP contribution in [-0.4, -0.2) is 0 Å². The van der Waals surface area contributed by atoms with E-state index in [1.54, 1.807) is 6.42 Å². The normalized spacial score (nSPS) is 30.2. The van der Waals surface area contributed by atoms with Crippen molar-refractivity contribution in [1.29, 1.82) is 0 Å². The molecule has 0 amide bonds. The Kier molecular flexibility index (Phi) is 4.11. The zero-order valence-corrected chi connectivity index (χ0v) is 8.97. The predicted octanol–water partition coefficient (Wildman–Crippen LogP) is 4.25. The minimum absolute atomic E-state index is 1.06. The van der Waals surface area contributed by atoms with Crippen LogP contribution < -0.4 is 0 Å². The van der Waals surface area contributed by atoms with Crippen LogP contribution in [0.2, 0.25) is 0 Å². The van der Waals surface area contributed by atoms with Crippen molar-refractivity contribution in [2.45, 2.75) is 59.3 Å². The van der Waals surface area contributed by atoms with Crippen LogP contribution in [0.25, 0.3) is 0 Å². The smallest absolute Gasteiger partial charge is 0.0355 e. The van der Waals surface area contributed by atoms with Crippen LogP contribution in [-0.2, 0) is 0 Å². The molecule has 72 valence electrons. The van der Waals surface area contributed by atoms with Gasteiger partial charge in [-0.3, -0.25) is 0 Å². The van der Waals surface area contributed by atoms with Gasteiger partial charge < -0.3 is 0 Å². The third-order valence-corrected chi connectivity index (χ3v) is 3.56. The first-order valence-corrected chi connectivity index (χ1v) is 5.83. The summed E-state index contributed by atoms with van der Waals surface area (Å²) >= 11 is 0. The molecule has 0 N–H and O–H groups in total. The van der Waals surface area contributed by atoms with E-state index < -0.39 is 0 Å². The second-order valence-electron chi connectivity index (χ2n) is 4.38. The van der Waals surface area contributed by atoms with Crippen molar-refractivity contribution >= 4 is 0 Å². The molecule has 0 aromatic heterocycles. The Morgan fingerprint density at radius 2 is 2.00 bits per heavy atom. The molecule has 1 fully saturated rings. The van der Waals surface area contributed by atoms with Gasteiger partial charge in [0.25, 0.3) is 0 Å². The largest absolute Gasteiger partial charge is 0.0654 e. The summed E-state index contributed by atoms with van der Waals surface area (Å²) in [4.78, 5) is 0. The Morgan fingerprint density at radius 3 is 2.42 bits per heavy atom. The van der Waals surface area contributed by atoms with Crippen LogP contribution >= 0.6 is 0 Å². The molecular formula is C12H24. The SMILES string of the molecule is CCCCC(CC)C1CC1CC. The second kappa shape index (κ2) is 4.89. The Morgan fingerprint density at radius 1 is 1.25 bits per heavy atom. The van der Waals surface area contributed by atoms with Crippen LogP contribution in [0.3, 0.4) is 0 Å². The molecule has 1 rings (SSSR count). The lowest BCUT2D eigenvalue weighted by atomic mass is 9.93. The number of rotatable bonds is 6. The lowest BCUT2D eigenvalue weighted by Crippen LogP contribution is -2.02. The van der Waals surface area contributed by atoms with E-state index in [0.29, 0.717) is 0 Å². The first-order valence-electron chi connectivity index (χ1n) is 5.83. The van der Waals surface area contributed by atoms with Crippen LogP contribution in [0.5, 0.6) is 0 Å². The summed E-state index contributed by atoms with van der Waals surface area (Å²) in [6.45, 7) is 7.01. The van der Waals surface area contributed by atoms with Crippen LogP contribution in [0.15, 0.2) is 0 Å². The summed E-state index contributed by atoms with van der Waals surface area (Å²) in [7, 11) is 0. The highest BCUT2D eigenvalue weighted by Crippen LogP contribution is 2.48. The maximum atomic E-state index is 2.37. The molecule has 1 saturated carbocycles. The Balaban J connectivity index is 2.18. The van der Waals surface area contributed by atoms with E-state index in [9.17, 15) is 0 Å². The molecule has 1 aliphatic carbocycles. The zero-order valence-electron chi connectivity index (χ0n) is 8.97. The van der Waals surface area contributed by atoms with Gasteiger partial charge in [-0.15, -0.1) is 0 Å². The molecule has 3 unspecified atom stereocenters. The molecule has 0 saturated heterocycles. The summed E-state index contributed by atoms with van der Waals surface area (Å²) in [5, 5.41) is 0. The van der Waals surface area contributed by atoms with Gasteiger partial charge in [0.1, 0.15) is 0 Å². The average Bonchev–Trinajstić information content (AvgIpc) is 2.85. The van der Waals surface area contributed by atoms with Crippen molar-refractivity contribution in [3.05, 3.63) is 0 Å². The monoisotopic (exact) mass is 168 g/mol. The minimum Gasteiger partial charge on any atom is -0.0654 e. The standard InChI is InChI=1S/C12H24/c1-4-7-8-10(5-2)12-9-11(12)6-3/h10-12H,4-9H2,1-3H3. The lowest BCUT2D eigenvalue weighted by molar-refractivity contribution is 0.379. The summed E-state index contributed by atoms with van der Waals surface area (Å²) in [5.74, 6) is 3.29. The maximum absolute atomic E-state index is 2.37. The molecule has 3 atom stereocenters. The first-order chi connectivity index (χ1) is 5.83. The fraction of sp³-hybridized carbons (Fsp3) is 1.00. The fourth-order valence-electron chi connectivity index (χ4n) is 2.51. The molecule has 0 aromatic rings. The predicted molar refractivity (Wildman–Crippen MR) is 55.2 cm³/mol. The Bertz CT molecular complexity index is 117. The molecule has 0 spiro atoms. The molecule has 0 bridgehead atoms. The third kappa shape index (κ3) is 2.50. The number of hydrogen-bond acceptors (Lipinski definition) is 0. The highest BCUT2D eigenvalue weighted by molar-refractivity contribution is 4.89. The van der Waals surface area contributed by atoms with Gasteiger partial charge in [-0.05, 0) is 24.2 Å². The van der Waals surface area contributed by atoms with Crippen molar-refractivity contribution in [2.75, 3.05) is 0 Å². The van der Waals surface area contributed by atoms with Crippen molar-refractivity contribution in [3.8, 4) is 0 Å². The lowest BCUT2D eigenvalue weighted by Gasteiger charge is -2.13. The molecule has 0 heterocycles. The van der Waals surface area contributed by atoms with Crippen LogP contribution in [0, 0.1) is 17.8 Å². The molecular weight excluding hydrogens is 144 g/mol. The summed E-state index contributed by atoms with van der Waals surface area (Å²) in [6, 6.07) is 0. The Labute approximate surface area is 77.7 Å². The molecule has 0 heteroatoms. The molecule has 12 heavy (non-hydrogen) atoms. The molecule has 0 aliphatic heterocycles. The highest BCUT2D eigenvalue weighted by Gasteiger charge is 2.39. The summed E-state index contributed by atoms with van der Waals surface area (Å²) in [5.41, 5.74) is 0. The van der Waals surface area contributed by atoms with Gasteiger partial charge in [-0.25, -0.2) is 0 Å². The van der Waals surface area contributed by atoms with Crippen molar-refractivity contribution in [2.24, 2.45) is 17.8 Å². The summed E-state index contributed by atoms with van der Waals surface area (Å²) < 4.78 is 0. The molecule has 1 aliphatic rings. The van der Waals surface area contributed by atoms with Gasteiger partial charge in [0.05, 0.1) is 0 Å². The van der Waals surface area contributed by atoms with Crippen molar-refractivity contribution in [3.63, 3.8) is 0 Å². The first kappa shape index (κ1) is 10.1. The fourth-order valence-corrected chi connectivity index (χ4v) is 2.51. The van der Waals surface area contributed by atoms with E-state index in [0.717, 1.165) is 17.8 Å². The minimum atomic E-state index is 1.06. The second-order valence-corrected chi connectivity index (χ2v) is 4.38. The number of unbranched alkanes of at least 4 members (excludes halogenated alkanes) is 1. The van der Waals surface area contributed by atoms with Gasteiger partial charge in [0, 0.05) is 0 Å². The molecule has 0 radical (unpaired) electrons. The van der Waals surface area contributed by atoms with Gasteiger partial charge in [0.2, 0.25) is 0 Å². The van der Waals surface area contributed by atoms with E-state index in [1.165, 1.54) is 32.1 Å². The average molecular weight is 168 g/mol. The van der Waals surface area contributed by atoms with E-state index >= 15 is 0 Å². The third-order valence-electron chi connectivity index (χ3n) is 3.56. The Hall–Kier alpha value is 0. The highest BCUT2D eigenvalue weighted by atomic mass is 14.4. The zero-order chi connectivity index (χ0) is 8.97. The van der Waals surface area contributed by atoms with E-state index in [1.807, 2.05) is 0 Å². The van der Waals surface area contributed by atoms with Crippen molar-refractivity contribution < 1.29 is 0 Å². The summed E-state index contributed by atoms with van der Waals surface area (Å²) in [6.07, 6.45) is 8.70. The van der Waals surface area contributed by atoms with E-state index in [2.05, 4.69) is 20.8 Å². The van der Waals surface area contributed by atoms with Crippen LogP contribution in [0.4, 0.5) is 0 Å². The van der Waals surface area contributed by atoms with Crippen molar-refractivity contribution in [1.82, 2.24) is 0 Å². The van der Waals surface area contributed by atoms with Gasteiger partial charge in [0.15, 0.2) is 0 Å². The molecule has 0 aromatic carbocycles. The van der Waals surface area contributed by atoms with Gasteiger partial charge >= 0.3 is 0 Å². The topological polar surface area (TPSA) is 0 Å². The maximum Gasteiger partial charge on any atom is -0.0355 e. The molecule has 0 nitrogen and oxygen atoms in total. The van der Waals surface area contributed by atoms with Gasteiger partial charge in [-0.2, -0.15) is 0 Å². The van der Waals surface area contributed by atoms with E-state index in [-0.39, 0.29) is 0 Å². The van der Waals surface area contributed by atoms with E-state index in [4.69, 9.17) is 0 Å². The van der Waals surface area contributed by atoms with Crippen LogP contribution in [0.1, 0.15) is 59.3 Å².